The Hall–Kier alpha value is -0.780. The summed E-state index contributed by atoms with van der Waals surface area (Å²) in [6, 6.07) is 0. The highest BCUT2D eigenvalue weighted by Gasteiger charge is 1.98. The third-order valence-corrected chi connectivity index (χ3v) is 2.04. The molecule has 0 heteroatoms. The lowest BCUT2D eigenvalue weighted by molar-refractivity contribution is 1.07. The summed E-state index contributed by atoms with van der Waals surface area (Å²) < 4.78 is 0. The first-order chi connectivity index (χ1) is 5.17. The molecule has 0 unspecified atom stereocenters. The van der Waals surface area contributed by atoms with Gasteiger partial charge in [-0.15, -0.1) is 0 Å². The molecule has 0 radical (unpaired) electrons. The minimum absolute atomic E-state index is 1.09. The fraction of sp³-hybridized carbons (Fsp3) is 0.455. The zero-order valence-electron chi connectivity index (χ0n) is 8.07. The van der Waals surface area contributed by atoms with E-state index in [9.17, 15) is 0 Å². The van der Waals surface area contributed by atoms with Gasteiger partial charge in [0.1, 0.15) is 0 Å². The van der Waals surface area contributed by atoms with E-state index in [1.807, 2.05) is 6.08 Å². The molecule has 0 amide bonds. The molecule has 0 saturated carbocycles. The normalized spacial score (nSPS) is 14.4. The van der Waals surface area contributed by atoms with Crippen LogP contribution in [0.5, 0.6) is 0 Å². The smallest absolute Gasteiger partial charge is 0.0302 e. The van der Waals surface area contributed by atoms with Gasteiger partial charge in [-0.25, -0.2) is 0 Å². The maximum atomic E-state index is 3.76. The second-order valence-corrected chi connectivity index (χ2v) is 2.69. The number of allylic oxidation sites excluding steroid dienone is 5. The average molecular weight is 150 g/mol. The van der Waals surface area contributed by atoms with Gasteiger partial charge < -0.3 is 0 Å². The first kappa shape index (κ1) is 10.2. The molecule has 0 aromatic carbocycles. The second-order valence-electron chi connectivity index (χ2n) is 2.69. The number of hydrogen-bond donors (Lipinski definition) is 0. The van der Waals surface area contributed by atoms with Gasteiger partial charge >= 0.3 is 0 Å². The van der Waals surface area contributed by atoms with Crippen LogP contribution >= 0.6 is 0 Å². The Morgan fingerprint density at radius 1 is 1.36 bits per heavy atom. The van der Waals surface area contributed by atoms with Gasteiger partial charge in [-0.3, -0.25) is 0 Å². The maximum absolute atomic E-state index is 3.76. The van der Waals surface area contributed by atoms with Crippen molar-refractivity contribution in [3.8, 4) is 0 Å². The predicted molar refractivity (Wildman–Crippen MR) is 52.6 cm³/mol. The third-order valence-electron chi connectivity index (χ3n) is 2.04. The van der Waals surface area contributed by atoms with Gasteiger partial charge in [-0.2, -0.15) is 0 Å². The quantitative estimate of drug-likeness (QED) is 0.536. The first-order valence-corrected chi connectivity index (χ1v) is 4.12. The van der Waals surface area contributed by atoms with E-state index in [1.165, 1.54) is 16.7 Å². The molecule has 0 fully saturated rings. The molecule has 0 aromatic heterocycles. The fourth-order valence-electron chi connectivity index (χ4n) is 1.17. The van der Waals surface area contributed by atoms with E-state index >= 15 is 0 Å². The first-order valence-electron chi connectivity index (χ1n) is 4.12. The summed E-state index contributed by atoms with van der Waals surface area (Å²) in [7, 11) is 0. The third kappa shape index (κ3) is 2.75. The van der Waals surface area contributed by atoms with Crippen LogP contribution in [0, 0.1) is 0 Å². The molecule has 0 saturated heterocycles. The van der Waals surface area contributed by atoms with Crippen molar-refractivity contribution < 1.29 is 0 Å². The summed E-state index contributed by atoms with van der Waals surface area (Å²) in [4.78, 5) is 0. The fourth-order valence-corrected chi connectivity index (χ4v) is 1.17. The Morgan fingerprint density at radius 2 is 1.91 bits per heavy atom. The largest absolute Gasteiger partial charge is 0.0988 e. The van der Waals surface area contributed by atoms with Crippen LogP contribution in [0.1, 0.15) is 34.1 Å². The Balaban J connectivity index is 4.79. The molecule has 0 rings (SSSR count). The summed E-state index contributed by atoms with van der Waals surface area (Å²) in [5.41, 5.74) is 4.08. The van der Waals surface area contributed by atoms with Crippen molar-refractivity contribution in [1.82, 2.24) is 0 Å². The van der Waals surface area contributed by atoms with Gasteiger partial charge in [0.15, 0.2) is 0 Å². The van der Waals surface area contributed by atoms with Gasteiger partial charge in [0.25, 0.3) is 0 Å². The van der Waals surface area contributed by atoms with Crippen LogP contribution in [0.4, 0.5) is 0 Å². The lowest BCUT2D eigenvalue weighted by atomic mass is 9.99. The maximum Gasteiger partial charge on any atom is -0.0302 e. The summed E-state index contributed by atoms with van der Waals surface area (Å²) in [6.45, 7) is 12.3. The molecule has 0 atom stereocenters. The van der Waals surface area contributed by atoms with Crippen LogP contribution in [0.15, 0.2) is 35.5 Å². The van der Waals surface area contributed by atoms with Gasteiger partial charge in [0, 0.05) is 0 Å². The second kappa shape index (κ2) is 4.95. The van der Waals surface area contributed by atoms with E-state index in [2.05, 4.69) is 40.3 Å². The zero-order chi connectivity index (χ0) is 8.85. The van der Waals surface area contributed by atoms with Crippen molar-refractivity contribution in [3.05, 3.63) is 35.5 Å². The molecule has 0 spiro atoms. The zero-order valence-corrected chi connectivity index (χ0v) is 8.07. The lowest BCUT2D eigenvalue weighted by Gasteiger charge is -2.06. The molecule has 0 N–H and O–H groups in total. The topological polar surface area (TPSA) is 0 Å². The molecule has 0 aliphatic rings. The van der Waals surface area contributed by atoms with E-state index in [0.29, 0.717) is 0 Å². The van der Waals surface area contributed by atoms with Crippen molar-refractivity contribution in [2.45, 2.75) is 34.1 Å². The molecule has 62 valence electrons. The van der Waals surface area contributed by atoms with Crippen LogP contribution in [-0.4, -0.2) is 0 Å². The molecule has 0 nitrogen and oxygen atoms in total. The van der Waals surface area contributed by atoms with Crippen LogP contribution in [0.25, 0.3) is 0 Å². The van der Waals surface area contributed by atoms with Crippen molar-refractivity contribution in [3.63, 3.8) is 0 Å². The number of hydrogen-bond acceptors (Lipinski definition) is 0. The van der Waals surface area contributed by atoms with Crippen molar-refractivity contribution >= 4 is 0 Å². The molecule has 0 aliphatic heterocycles. The van der Waals surface area contributed by atoms with E-state index < -0.39 is 0 Å². The van der Waals surface area contributed by atoms with Gasteiger partial charge in [0.05, 0.1) is 0 Å². The standard InChI is InChI=1S/C11H18/c1-6-9(4)11(8-3)10(5)7-2/h6-7H,1,8H2,2-5H3. The Labute approximate surface area is 70.3 Å². The average Bonchev–Trinajstić information content (AvgIpc) is 2.05. The SMILES string of the molecule is C=CC(C)=C(CC)C(C)=CC. The van der Waals surface area contributed by atoms with Crippen LogP contribution < -0.4 is 0 Å². The molecular weight excluding hydrogens is 132 g/mol. The molecule has 0 aliphatic carbocycles. The molecule has 0 bridgehead atoms. The molecule has 0 aromatic rings. The highest BCUT2D eigenvalue weighted by atomic mass is 14.0. The molecule has 0 heterocycles. The van der Waals surface area contributed by atoms with E-state index in [0.717, 1.165) is 6.42 Å². The summed E-state index contributed by atoms with van der Waals surface area (Å²) in [6.07, 6.45) is 5.16. The van der Waals surface area contributed by atoms with E-state index in [-0.39, 0.29) is 0 Å². The number of rotatable bonds is 3. The summed E-state index contributed by atoms with van der Waals surface area (Å²) >= 11 is 0. The van der Waals surface area contributed by atoms with Crippen LogP contribution in [-0.2, 0) is 0 Å². The predicted octanol–water partition coefficient (Wildman–Crippen LogP) is 3.87. The van der Waals surface area contributed by atoms with E-state index in [1.54, 1.807) is 0 Å². The molecule has 11 heavy (non-hydrogen) atoms. The lowest BCUT2D eigenvalue weighted by Crippen LogP contribution is -1.86. The van der Waals surface area contributed by atoms with Crippen molar-refractivity contribution in [2.24, 2.45) is 0 Å². The van der Waals surface area contributed by atoms with Gasteiger partial charge in [0.2, 0.25) is 0 Å². The van der Waals surface area contributed by atoms with Crippen LogP contribution in [0.2, 0.25) is 0 Å². The monoisotopic (exact) mass is 150 g/mol. The Bertz CT molecular complexity index is 192. The highest BCUT2D eigenvalue weighted by molar-refractivity contribution is 5.36. The van der Waals surface area contributed by atoms with Gasteiger partial charge in [-0.1, -0.05) is 31.2 Å². The van der Waals surface area contributed by atoms with Crippen LogP contribution in [0.3, 0.4) is 0 Å². The van der Waals surface area contributed by atoms with Gasteiger partial charge in [-0.05, 0) is 38.3 Å². The van der Waals surface area contributed by atoms with Crippen molar-refractivity contribution in [1.29, 1.82) is 0 Å². The molecular formula is C11H18. The Morgan fingerprint density at radius 3 is 2.18 bits per heavy atom. The minimum atomic E-state index is 1.09. The van der Waals surface area contributed by atoms with Crippen molar-refractivity contribution in [2.75, 3.05) is 0 Å². The van der Waals surface area contributed by atoms with E-state index in [4.69, 9.17) is 0 Å². The summed E-state index contributed by atoms with van der Waals surface area (Å²) in [5.74, 6) is 0. The Kier molecular flexibility index (Phi) is 4.60. The highest BCUT2D eigenvalue weighted by Crippen LogP contribution is 2.18. The summed E-state index contributed by atoms with van der Waals surface area (Å²) in [5, 5.41) is 0. The minimum Gasteiger partial charge on any atom is -0.0988 e.